The first-order valence-corrected chi connectivity index (χ1v) is 8.82. The largest absolute Gasteiger partial charge is 0.497 e. The molecule has 122 valence electrons. The number of rotatable bonds is 8. The number of hydrogen-bond acceptors (Lipinski definition) is 3. The van der Waals surface area contributed by atoms with E-state index in [1.54, 1.807) is 7.11 Å². The zero-order chi connectivity index (χ0) is 16.5. The van der Waals surface area contributed by atoms with Crippen LogP contribution in [0.1, 0.15) is 31.4 Å². The number of nitrogens with one attached hydrogen (secondary N) is 1. The lowest BCUT2D eigenvalue weighted by Gasteiger charge is -2.18. The second kappa shape index (κ2) is 9.26. The molecule has 0 aliphatic carbocycles. The summed E-state index contributed by atoms with van der Waals surface area (Å²) in [4.78, 5) is 13.3. The molecule has 0 aliphatic rings. The van der Waals surface area contributed by atoms with Crippen molar-refractivity contribution in [2.45, 2.75) is 30.7 Å². The molecule has 23 heavy (non-hydrogen) atoms. The van der Waals surface area contributed by atoms with E-state index < -0.39 is 0 Å². The normalized spacial score (nSPS) is 11.7. The Balaban J connectivity index is 1.88. The topological polar surface area (TPSA) is 38.3 Å². The van der Waals surface area contributed by atoms with Gasteiger partial charge in [-0.25, -0.2) is 0 Å². The summed E-state index contributed by atoms with van der Waals surface area (Å²) in [5, 5.41) is 3.14. The van der Waals surface area contributed by atoms with Crippen molar-refractivity contribution in [2.75, 3.05) is 12.9 Å². The van der Waals surface area contributed by atoms with Crippen LogP contribution < -0.4 is 10.1 Å². The van der Waals surface area contributed by atoms with Crippen molar-refractivity contribution < 1.29 is 9.53 Å². The molecule has 0 fully saturated rings. The third-order valence-corrected chi connectivity index (χ3v) is 4.56. The lowest BCUT2D eigenvalue weighted by atomic mass is 10.0. The Kier molecular flexibility index (Phi) is 7.01. The van der Waals surface area contributed by atoms with Gasteiger partial charge in [-0.3, -0.25) is 4.79 Å². The predicted molar refractivity (Wildman–Crippen MR) is 96.0 cm³/mol. The van der Waals surface area contributed by atoms with Crippen LogP contribution >= 0.6 is 11.8 Å². The highest BCUT2D eigenvalue weighted by Crippen LogP contribution is 2.22. The highest BCUT2D eigenvalue weighted by Gasteiger charge is 2.13. The Morgan fingerprint density at radius 1 is 1.13 bits per heavy atom. The molecule has 2 aromatic rings. The fourth-order valence-electron chi connectivity index (χ4n) is 2.35. The summed E-state index contributed by atoms with van der Waals surface area (Å²) in [6.45, 7) is 2.13. The van der Waals surface area contributed by atoms with E-state index in [1.165, 1.54) is 11.8 Å². The van der Waals surface area contributed by atoms with Gasteiger partial charge >= 0.3 is 0 Å². The van der Waals surface area contributed by atoms with Gasteiger partial charge in [0.1, 0.15) is 5.75 Å². The van der Waals surface area contributed by atoms with Gasteiger partial charge in [-0.05, 0) is 36.2 Å². The van der Waals surface area contributed by atoms with Crippen LogP contribution in [-0.4, -0.2) is 18.8 Å². The maximum Gasteiger partial charge on any atom is 0.230 e. The predicted octanol–water partition coefficient (Wildman–Crippen LogP) is 4.44. The van der Waals surface area contributed by atoms with Crippen molar-refractivity contribution >= 4 is 17.7 Å². The number of methoxy groups -OCH3 is 1. The molecule has 1 amide bonds. The highest BCUT2D eigenvalue weighted by atomic mass is 32.2. The molecule has 0 aliphatic heterocycles. The van der Waals surface area contributed by atoms with Crippen LogP contribution in [-0.2, 0) is 4.79 Å². The Labute approximate surface area is 142 Å². The number of carbonyl (C=O) groups is 1. The smallest absolute Gasteiger partial charge is 0.230 e. The average Bonchev–Trinajstić information content (AvgIpc) is 2.61. The number of carbonyl (C=O) groups excluding carboxylic acids is 1. The quantitative estimate of drug-likeness (QED) is 0.727. The van der Waals surface area contributed by atoms with Crippen LogP contribution in [0.25, 0.3) is 0 Å². The minimum absolute atomic E-state index is 0.0631. The molecular formula is C19H23NO2S. The van der Waals surface area contributed by atoms with Crippen molar-refractivity contribution in [3.63, 3.8) is 0 Å². The zero-order valence-electron chi connectivity index (χ0n) is 13.6. The molecule has 0 unspecified atom stereocenters. The molecule has 0 radical (unpaired) electrons. The van der Waals surface area contributed by atoms with Gasteiger partial charge < -0.3 is 10.1 Å². The van der Waals surface area contributed by atoms with Gasteiger partial charge in [0.05, 0.1) is 18.9 Å². The lowest BCUT2D eigenvalue weighted by molar-refractivity contribution is -0.119. The fraction of sp³-hybridized carbons (Fsp3) is 0.316. The van der Waals surface area contributed by atoms with E-state index >= 15 is 0 Å². The zero-order valence-corrected chi connectivity index (χ0v) is 14.4. The first kappa shape index (κ1) is 17.4. The van der Waals surface area contributed by atoms with E-state index in [0.29, 0.717) is 5.75 Å². The van der Waals surface area contributed by atoms with Gasteiger partial charge in [-0.1, -0.05) is 43.7 Å². The SMILES string of the molecule is CCC[C@@H](NC(=O)CSc1ccc(OC)cc1)c1ccccc1. The summed E-state index contributed by atoms with van der Waals surface area (Å²) in [6.07, 6.45) is 1.98. The van der Waals surface area contributed by atoms with Crippen LogP contribution in [0.15, 0.2) is 59.5 Å². The van der Waals surface area contributed by atoms with Crippen molar-refractivity contribution in [1.82, 2.24) is 5.32 Å². The Hall–Kier alpha value is -1.94. The number of ether oxygens (including phenoxy) is 1. The highest BCUT2D eigenvalue weighted by molar-refractivity contribution is 8.00. The summed E-state index contributed by atoms with van der Waals surface area (Å²) < 4.78 is 5.13. The van der Waals surface area contributed by atoms with Crippen LogP contribution in [0.5, 0.6) is 5.75 Å². The van der Waals surface area contributed by atoms with E-state index in [2.05, 4.69) is 24.4 Å². The number of hydrogen-bond donors (Lipinski definition) is 1. The van der Waals surface area contributed by atoms with Crippen LogP contribution in [0.2, 0.25) is 0 Å². The molecule has 0 saturated heterocycles. The van der Waals surface area contributed by atoms with Gasteiger partial charge in [0.25, 0.3) is 0 Å². The molecular weight excluding hydrogens is 306 g/mol. The summed E-state index contributed by atoms with van der Waals surface area (Å²) in [5.41, 5.74) is 1.16. The molecule has 4 heteroatoms. The second-order valence-electron chi connectivity index (χ2n) is 5.28. The monoisotopic (exact) mass is 329 g/mol. The standard InChI is InChI=1S/C19H23NO2S/c1-3-7-18(15-8-5-4-6-9-15)20-19(21)14-23-17-12-10-16(22-2)11-13-17/h4-6,8-13,18H,3,7,14H2,1-2H3,(H,20,21)/t18-/m1/s1. The van der Waals surface area contributed by atoms with Gasteiger partial charge in [0, 0.05) is 4.90 Å². The Bertz CT molecular complexity index is 599. The minimum atomic E-state index is 0.0631. The number of thioether (sulfide) groups is 1. The van der Waals surface area contributed by atoms with E-state index in [1.807, 2.05) is 42.5 Å². The maximum absolute atomic E-state index is 12.2. The third-order valence-electron chi connectivity index (χ3n) is 3.54. The maximum atomic E-state index is 12.2. The molecule has 1 N–H and O–H groups in total. The van der Waals surface area contributed by atoms with E-state index in [9.17, 15) is 4.79 Å². The lowest BCUT2D eigenvalue weighted by Crippen LogP contribution is -2.29. The number of benzene rings is 2. The fourth-order valence-corrected chi connectivity index (χ4v) is 3.06. The van der Waals surface area contributed by atoms with Gasteiger partial charge in [0.15, 0.2) is 0 Å². The van der Waals surface area contributed by atoms with Crippen molar-refractivity contribution in [1.29, 1.82) is 0 Å². The second-order valence-corrected chi connectivity index (χ2v) is 6.33. The molecule has 2 aromatic carbocycles. The van der Waals surface area contributed by atoms with Crippen LogP contribution in [0.4, 0.5) is 0 Å². The summed E-state index contributed by atoms with van der Waals surface area (Å²) in [6, 6.07) is 18.0. The Morgan fingerprint density at radius 2 is 1.83 bits per heavy atom. The molecule has 2 rings (SSSR count). The molecule has 3 nitrogen and oxygen atoms in total. The van der Waals surface area contributed by atoms with Crippen molar-refractivity contribution in [2.24, 2.45) is 0 Å². The van der Waals surface area contributed by atoms with Gasteiger partial charge in [-0.15, -0.1) is 11.8 Å². The first-order valence-electron chi connectivity index (χ1n) is 7.84. The molecule has 1 atom stereocenters. The van der Waals surface area contributed by atoms with E-state index in [-0.39, 0.29) is 11.9 Å². The summed E-state index contributed by atoms with van der Waals surface area (Å²) >= 11 is 1.54. The first-order chi connectivity index (χ1) is 11.2. The molecule has 0 aromatic heterocycles. The van der Waals surface area contributed by atoms with E-state index in [0.717, 1.165) is 29.1 Å². The molecule has 0 heterocycles. The van der Waals surface area contributed by atoms with Crippen molar-refractivity contribution in [3.05, 3.63) is 60.2 Å². The Morgan fingerprint density at radius 3 is 2.43 bits per heavy atom. The van der Waals surface area contributed by atoms with Crippen LogP contribution in [0.3, 0.4) is 0 Å². The van der Waals surface area contributed by atoms with Gasteiger partial charge in [0.2, 0.25) is 5.91 Å². The molecule has 0 bridgehead atoms. The molecule has 0 spiro atoms. The average molecular weight is 329 g/mol. The van der Waals surface area contributed by atoms with E-state index in [4.69, 9.17) is 4.74 Å². The molecule has 0 saturated carbocycles. The third kappa shape index (κ3) is 5.64. The van der Waals surface area contributed by atoms with Crippen molar-refractivity contribution in [3.8, 4) is 5.75 Å². The number of amides is 1. The minimum Gasteiger partial charge on any atom is -0.497 e. The van der Waals surface area contributed by atoms with Crippen LogP contribution in [0, 0.1) is 0 Å². The summed E-state index contributed by atoms with van der Waals surface area (Å²) in [7, 11) is 1.65. The summed E-state index contributed by atoms with van der Waals surface area (Å²) in [5.74, 6) is 1.30. The van der Waals surface area contributed by atoms with Gasteiger partial charge in [-0.2, -0.15) is 0 Å².